The van der Waals surface area contributed by atoms with Gasteiger partial charge in [-0.3, -0.25) is 4.31 Å². The third-order valence-electron chi connectivity index (χ3n) is 4.19. The van der Waals surface area contributed by atoms with Gasteiger partial charge in [-0.2, -0.15) is 0 Å². The van der Waals surface area contributed by atoms with Gasteiger partial charge in [0.2, 0.25) is 0 Å². The van der Waals surface area contributed by atoms with Crippen LogP contribution in [-0.2, 0) is 10.0 Å². The molecule has 3 rings (SSSR count). The molecule has 1 aromatic heterocycles. The molecule has 0 fully saturated rings. The molecule has 0 spiro atoms. The highest BCUT2D eigenvalue weighted by Gasteiger charge is 2.26. The maximum absolute atomic E-state index is 13.1. The lowest BCUT2D eigenvalue weighted by molar-refractivity contribution is 0.402. The first-order chi connectivity index (χ1) is 11.3. The molecule has 0 aliphatic carbocycles. The molecule has 6 nitrogen and oxygen atoms in total. The lowest BCUT2D eigenvalue weighted by atomic mass is 10.1. The summed E-state index contributed by atoms with van der Waals surface area (Å²) in [6, 6.07) is 8.66. The average molecular weight is 345 g/mol. The zero-order chi connectivity index (χ0) is 17.5. The number of aromatic nitrogens is 2. The standard InChI is InChI=1S/C17H19N3O3S/c1-11-7-16(23-4)17(8-12(11)2)24(21,22)20(3)13-5-6-14-15(9-13)19-10-18-14/h5-10H,1-4H3,(H,18,19). The molecule has 0 saturated carbocycles. The Bertz CT molecular complexity index is 1010. The van der Waals surface area contributed by atoms with E-state index in [1.54, 1.807) is 36.7 Å². The van der Waals surface area contributed by atoms with Gasteiger partial charge in [-0.15, -0.1) is 0 Å². The van der Waals surface area contributed by atoms with E-state index < -0.39 is 10.0 Å². The normalized spacial score (nSPS) is 11.7. The molecule has 0 amide bonds. The number of benzene rings is 2. The quantitative estimate of drug-likeness (QED) is 0.789. The summed E-state index contributed by atoms with van der Waals surface area (Å²) in [5.41, 5.74) is 3.99. The van der Waals surface area contributed by atoms with Crippen LogP contribution in [0.2, 0.25) is 0 Å². The minimum Gasteiger partial charge on any atom is -0.495 e. The summed E-state index contributed by atoms with van der Waals surface area (Å²) < 4.78 is 32.7. The van der Waals surface area contributed by atoms with Gasteiger partial charge in [0, 0.05) is 7.05 Å². The Morgan fingerprint density at radius 3 is 2.54 bits per heavy atom. The molecular weight excluding hydrogens is 326 g/mol. The molecule has 0 bridgehead atoms. The van der Waals surface area contributed by atoms with Crippen LogP contribution >= 0.6 is 0 Å². The topological polar surface area (TPSA) is 75.3 Å². The maximum Gasteiger partial charge on any atom is 0.267 e. The minimum atomic E-state index is -3.75. The van der Waals surface area contributed by atoms with E-state index in [1.807, 2.05) is 13.8 Å². The number of rotatable bonds is 4. The molecule has 0 aliphatic rings. The molecule has 0 unspecified atom stereocenters. The summed E-state index contributed by atoms with van der Waals surface area (Å²) in [5.74, 6) is 0.340. The second kappa shape index (κ2) is 5.83. The highest BCUT2D eigenvalue weighted by Crippen LogP contribution is 2.32. The molecule has 1 N–H and O–H groups in total. The van der Waals surface area contributed by atoms with Gasteiger partial charge in [0.05, 0.1) is 30.2 Å². The van der Waals surface area contributed by atoms with Crippen LogP contribution in [0, 0.1) is 13.8 Å². The first-order valence-corrected chi connectivity index (χ1v) is 8.86. The number of anilines is 1. The van der Waals surface area contributed by atoms with Crippen molar-refractivity contribution >= 4 is 26.7 Å². The Balaban J connectivity index is 2.11. The first kappa shape index (κ1) is 16.3. The van der Waals surface area contributed by atoms with E-state index in [0.717, 1.165) is 22.2 Å². The van der Waals surface area contributed by atoms with Crippen molar-refractivity contribution in [1.82, 2.24) is 9.97 Å². The Morgan fingerprint density at radius 1 is 1.12 bits per heavy atom. The number of ether oxygens (including phenoxy) is 1. The van der Waals surface area contributed by atoms with Crippen molar-refractivity contribution in [2.75, 3.05) is 18.5 Å². The number of nitrogens with one attached hydrogen (secondary N) is 1. The van der Waals surface area contributed by atoms with Crippen molar-refractivity contribution in [3.63, 3.8) is 0 Å². The Hall–Kier alpha value is -2.54. The minimum absolute atomic E-state index is 0.153. The number of sulfonamides is 1. The fourth-order valence-corrected chi connectivity index (χ4v) is 3.94. The second-order valence-electron chi connectivity index (χ2n) is 5.66. The predicted octanol–water partition coefficient (Wildman–Crippen LogP) is 3.01. The van der Waals surface area contributed by atoms with Crippen molar-refractivity contribution in [2.24, 2.45) is 0 Å². The van der Waals surface area contributed by atoms with Crippen LogP contribution < -0.4 is 9.04 Å². The molecule has 126 valence electrons. The van der Waals surface area contributed by atoms with Crippen LogP contribution in [0.5, 0.6) is 5.75 Å². The summed E-state index contributed by atoms with van der Waals surface area (Å²) in [4.78, 5) is 7.29. The van der Waals surface area contributed by atoms with Crippen LogP contribution in [0.4, 0.5) is 5.69 Å². The molecule has 0 saturated heterocycles. The highest BCUT2D eigenvalue weighted by molar-refractivity contribution is 7.92. The van der Waals surface area contributed by atoms with Crippen LogP contribution in [0.3, 0.4) is 0 Å². The number of imidazole rings is 1. The lowest BCUT2D eigenvalue weighted by Crippen LogP contribution is -2.27. The summed E-state index contributed by atoms with van der Waals surface area (Å²) in [6.45, 7) is 3.80. The summed E-state index contributed by atoms with van der Waals surface area (Å²) in [6.07, 6.45) is 1.58. The van der Waals surface area contributed by atoms with E-state index in [-0.39, 0.29) is 4.90 Å². The largest absolute Gasteiger partial charge is 0.495 e. The zero-order valence-electron chi connectivity index (χ0n) is 14.0. The number of hydrogen-bond acceptors (Lipinski definition) is 4. The van der Waals surface area contributed by atoms with Crippen LogP contribution in [-0.4, -0.2) is 32.5 Å². The van der Waals surface area contributed by atoms with Gasteiger partial charge in [0.15, 0.2) is 0 Å². The van der Waals surface area contributed by atoms with Gasteiger partial charge in [0.25, 0.3) is 10.0 Å². The Morgan fingerprint density at radius 2 is 1.83 bits per heavy atom. The summed E-state index contributed by atoms with van der Waals surface area (Å²) in [7, 11) is -0.750. The lowest BCUT2D eigenvalue weighted by Gasteiger charge is -2.21. The van der Waals surface area contributed by atoms with E-state index in [1.165, 1.54) is 18.5 Å². The smallest absolute Gasteiger partial charge is 0.267 e. The van der Waals surface area contributed by atoms with Crippen molar-refractivity contribution in [1.29, 1.82) is 0 Å². The summed E-state index contributed by atoms with van der Waals surface area (Å²) >= 11 is 0. The van der Waals surface area contributed by atoms with Gasteiger partial charge in [-0.1, -0.05) is 0 Å². The number of methoxy groups -OCH3 is 1. The fraction of sp³-hybridized carbons (Fsp3) is 0.235. The number of nitrogens with zero attached hydrogens (tertiary/aromatic N) is 2. The van der Waals surface area contributed by atoms with Gasteiger partial charge < -0.3 is 9.72 Å². The number of aromatic amines is 1. The first-order valence-electron chi connectivity index (χ1n) is 7.42. The Labute approximate surface area is 141 Å². The monoisotopic (exact) mass is 345 g/mol. The molecule has 24 heavy (non-hydrogen) atoms. The number of aryl methyl sites for hydroxylation is 2. The predicted molar refractivity (Wildman–Crippen MR) is 94.2 cm³/mol. The van der Waals surface area contributed by atoms with E-state index in [0.29, 0.717) is 11.4 Å². The van der Waals surface area contributed by atoms with Gasteiger partial charge in [0.1, 0.15) is 10.6 Å². The van der Waals surface area contributed by atoms with Crippen molar-refractivity contribution < 1.29 is 13.2 Å². The molecule has 0 aliphatic heterocycles. The van der Waals surface area contributed by atoms with E-state index in [2.05, 4.69) is 9.97 Å². The van der Waals surface area contributed by atoms with E-state index in [4.69, 9.17) is 4.74 Å². The van der Waals surface area contributed by atoms with Gasteiger partial charge >= 0.3 is 0 Å². The number of fused-ring (bicyclic) bond motifs is 1. The molecule has 2 aromatic carbocycles. The third-order valence-corrected chi connectivity index (χ3v) is 5.99. The van der Waals surface area contributed by atoms with E-state index >= 15 is 0 Å². The van der Waals surface area contributed by atoms with Gasteiger partial charge in [-0.25, -0.2) is 13.4 Å². The molecule has 7 heteroatoms. The van der Waals surface area contributed by atoms with Gasteiger partial charge in [-0.05, 0) is 55.3 Å². The van der Waals surface area contributed by atoms with Crippen LogP contribution in [0.1, 0.15) is 11.1 Å². The van der Waals surface area contributed by atoms with Crippen LogP contribution in [0.25, 0.3) is 11.0 Å². The number of hydrogen-bond donors (Lipinski definition) is 1. The van der Waals surface area contributed by atoms with Crippen LogP contribution in [0.15, 0.2) is 41.6 Å². The second-order valence-corrected chi connectivity index (χ2v) is 7.60. The summed E-state index contributed by atoms with van der Waals surface area (Å²) in [5, 5.41) is 0. The van der Waals surface area contributed by atoms with Crippen molar-refractivity contribution in [2.45, 2.75) is 18.7 Å². The van der Waals surface area contributed by atoms with Crippen molar-refractivity contribution in [3.8, 4) is 5.75 Å². The zero-order valence-corrected chi connectivity index (χ0v) is 14.8. The Kier molecular flexibility index (Phi) is 3.96. The SMILES string of the molecule is COc1cc(C)c(C)cc1S(=O)(=O)N(C)c1ccc2nc[nH]c2c1. The number of H-pyrrole nitrogens is 1. The molecule has 0 radical (unpaired) electrons. The fourth-order valence-electron chi connectivity index (χ4n) is 2.53. The van der Waals surface area contributed by atoms with Crippen molar-refractivity contribution in [3.05, 3.63) is 47.8 Å². The maximum atomic E-state index is 13.1. The highest BCUT2D eigenvalue weighted by atomic mass is 32.2. The average Bonchev–Trinajstić information content (AvgIpc) is 3.03. The third kappa shape index (κ3) is 2.60. The molecule has 0 atom stereocenters. The van der Waals surface area contributed by atoms with E-state index in [9.17, 15) is 8.42 Å². The molecule has 3 aromatic rings. The molecule has 1 heterocycles. The molecular formula is C17H19N3O3S.